The normalized spacial score (nSPS) is 16.8. The average molecular weight is 563 g/mol. The van der Waals surface area contributed by atoms with Crippen LogP contribution in [0.5, 0.6) is 0 Å². The number of ether oxygens (including phenoxy) is 1. The van der Waals surface area contributed by atoms with Crippen LogP contribution < -0.4 is 4.90 Å². The molecule has 0 atom stereocenters. The third-order valence-electron chi connectivity index (χ3n) is 7.62. The molecule has 1 amide bonds. The second-order valence-corrected chi connectivity index (χ2v) is 10.3. The van der Waals surface area contributed by atoms with Crippen molar-refractivity contribution in [3.63, 3.8) is 0 Å². The fourth-order valence-corrected chi connectivity index (χ4v) is 5.42. The number of halogens is 3. The number of carboxylic acid groups (broad SMARTS) is 1. The van der Waals surface area contributed by atoms with Gasteiger partial charge in [0.25, 0.3) is 0 Å². The van der Waals surface area contributed by atoms with Crippen LogP contribution in [0, 0.1) is 17.5 Å². The molecule has 1 N–H and O–H groups in total. The van der Waals surface area contributed by atoms with E-state index in [1.807, 2.05) is 30.3 Å². The lowest BCUT2D eigenvalue weighted by Crippen LogP contribution is -2.46. The minimum Gasteiger partial charge on any atom is -0.478 e. The highest BCUT2D eigenvalue weighted by atomic mass is 19.2. The number of carbonyl (C=O) groups excluding carboxylic acids is 1. The number of para-hydroxylation sites is 1. The molecule has 1 aromatic heterocycles. The molecule has 2 aliphatic rings. The van der Waals surface area contributed by atoms with Crippen LogP contribution in [0.25, 0.3) is 16.9 Å². The zero-order valence-electron chi connectivity index (χ0n) is 21.8. The highest BCUT2D eigenvalue weighted by Gasteiger charge is 2.47. The fourth-order valence-electron chi connectivity index (χ4n) is 5.42. The Morgan fingerprint density at radius 2 is 1.68 bits per heavy atom. The Kier molecular flexibility index (Phi) is 6.74. The number of hydrogen-bond donors (Lipinski definition) is 1. The lowest BCUT2D eigenvalue weighted by atomic mass is 9.91. The fraction of sp³-hybridized carbons (Fsp3) is 0.233. The first kappa shape index (κ1) is 26.6. The van der Waals surface area contributed by atoms with Gasteiger partial charge in [0.05, 0.1) is 17.8 Å². The first-order valence-electron chi connectivity index (χ1n) is 13.1. The highest BCUT2D eigenvalue weighted by molar-refractivity contribution is 5.92. The Balaban J connectivity index is 1.21. The lowest BCUT2D eigenvalue weighted by molar-refractivity contribution is -0.000946. The lowest BCUT2D eigenvalue weighted by Gasteiger charge is -2.37. The topological polar surface area (TPSA) is 87.9 Å². The smallest absolute Gasteiger partial charge is 0.415 e. The van der Waals surface area contributed by atoms with Gasteiger partial charge in [0.1, 0.15) is 17.1 Å². The Labute approximate surface area is 233 Å². The molecule has 11 heteroatoms. The molecular weight excluding hydrogens is 537 g/mol. The van der Waals surface area contributed by atoms with E-state index < -0.39 is 35.1 Å². The molecule has 41 heavy (non-hydrogen) atoms. The predicted molar refractivity (Wildman–Crippen MR) is 143 cm³/mol. The van der Waals surface area contributed by atoms with E-state index in [1.165, 1.54) is 17.0 Å². The van der Waals surface area contributed by atoms with Gasteiger partial charge in [-0.15, -0.1) is 0 Å². The predicted octanol–water partition coefficient (Wildman–Crippen LogP) is 5.65. The molecule has 0 aliphatic carbocycles. The first-order chi connectivity index (χ1) is 19.7. The standard InChI is InChI=1S/C30H25F3N4O4/c31-21-14-24(26(33)25(32)15-21)27-20(17-37(34-27)23-4-2-1-3-5-23)16-35-12-10-30(11-13-35)18-36(29(40)41-30)22-8-6-19(7-9-22)28(38)39/h1-9,14-15,17H,10-13,16,18H2,(H,38,39). The maximum Gasteiger partial charge on any atom is 0.415 e. The molecule has 0 saturated carbocycles. The second kappa shape index (κ2) is 10.4. The number of rotatable bonds is 6. The maximum atomic E-state index is 14.8. The number of anilines is 1. The summed E-state index contributed by atoms with van der Waals surface area (Å²) in [4.78, 5) is 27.5. The van der Waals surface area contributed by atoms with Crippen LogP contribution >= 0.6 is 0 Å². The van der Waals surface area contributed by atoms with Crippen LogP contribution in [0.4, 0.5) is 23.7 Å². The Hall–Kier alpha value is -4.64. The molecule has 2 fully saturated rings. The van der Waals surface area contributed by atoms with Crippen LogP contribution in [-0.2, 0) is 11.3 Å². The summed E-state index contributed by atoms with van der Waals surface area (Å²) >= 11 is 0. The van der Waals surface area contributed by atoms with Gasteiger partial charge in [-0.25, -0.2) is 27.4 Å². The minimum atomic E-state index is -1.29. The quantitative estimate of drug-likeness (QED) is 0.306. The van der Waals surface area contributed by atoms with E-state index in [0.29, 0.717) is 62.0 Å². The van der Waals surface area contributed by atoms with Crippen molar-refractivity contribution < 1.29 is 32.6 Å². The molecule has 2 aliphatic heterocycles. The van der Waals surface area contributed by atoms with Gasteiger partial charge < -0.3 is 9.84 Å². The molecule has 4 aromatic rings. The van der Waals surface area contributed by atoms with Crippen molar-refractivity contribution in [3.05, 3.63) is 102 Å². The molecule has 1 spiro atoms. The molecule has 3 aromatic carbocycles. The summed E-state index contributed by atoms with van der Waals surface area (Å²) < 4.78 is 50.4. The van der Waals surface area contributed by atoms with E-state index in [4.69, 9.17) is 9.84 Å². The number of hydrogen-bond acceptors (Lipinski definition) is 5. The Bertz CT molecular complexity index is 1620. The van der Waals surface area contributed by atoms with Crippen LogP contribution in [-0.4, -0.2) is 57.1 Å². The Morgan fingerprint density at radius 1 is 0.976 bits per heavy atom. The summed E-state index contributed by atoms with van der Waals surface area (Å²) in [5, 5.41) is 13.6. The SMILES string of the molecule is O=C(O)c1ccc(N2CC3(CCN(Cc4cn(-c5ccccc5)nc4-c4cc(F)cc(F)c4F)CC3)OC2=O)cc1. The van der Waals surface area contributed by atoms with Crippen molar-refractivity contribution in [3.8, 4) is 16.9 Å². The average Bonchev–Trinajstić information content (AvgIpc) is 3.53. The molecule has 0 radical (unpaired) electrons. The first-order valence-corrected chi connectivity index (χ1v) is 13.1. The van der Waals surface area contributed by atoms with Gasteiger partial charge in [-0.3, -0.25) is 9.80 Å². The van der Waals surface area contributed by atoms with Gasteiger partial charge in [-0.2, -0.15) is 5.10 Å². The zero-order chi connectivity index (χ0) is 28.7. The number of nitrogens with zero attached hydrogens (tertiary/aromatic N) is 4. The third kappa shape index (κ3) is 5.16. The number of amides is 1. The molecule has 210 valence electrons. The molecule has 2 saturated heterocycles. The van der Waals surface area contributed by atoms with Gasteiger partial charge in [0.2, 0.25) is 0 Å². The van der Waals surface area contributed by atoms with E-state index in [1.54, 1.807) is 23.0 Å². The minimum absolute atomic E-state index is 0.125. The second-order valence-electron chi connectivity index (χ2n) is 10.3. The van der Waals surface area contributed by atoms with Crippen LogP contribution in [0.15, 0.2) is 72.9 Å². The maximum absolute atomic E-state index is 14.8. The van der Waals surface area contributed by atoms with Crippen molar-refractivity contribution >= 4 is 17.7 Å². The summed E-state index contributed by atoms with van der Waals surface area (Å²) in [7, 11) is 0. The summed E-state index contributed by atoms with van der Waals surface area (Å²) in [6, 6.07) is 16.7. The zero-order valence-corrected chi connectivity index (χ0v) is 21.8. The van der Waals surface area contributed by atoms with Gasteiger partial charge in [0.15, 0.2) is 11.6 Å². The van der Waals surface area contributed by atoms with Crippen molar-refractivity contribution in [1.82, 2.24) is 14.7 Å². The van der Waals surface area contributed by atoms with Gasteiger partial charge in [-0.05, 0) is 42.5 Å². The third-order valence-corrected chi connectivity index (χ3v) is 7.62. The van der Waals surface area contributed by atoms with E-state index >= 15 is 0 Å². The molecule has 3 heterocycles. The van der Waals surface area contributed by atoms with Crippen molar-refractivity contribution in [2.75, 3.05) is 24.5 Å². The summed E-state index contributed by atoms with van der Waals surface area (Å²) in [6.45, 7) is 1.77. The number of carbonyl (C=O) groups is 2. The Morgan fingerprint density at radius 3 is 2.37 bits per heavy atom. The highest BCUT2D eigenvalue weighted by Crippen LogP contribution is 2.37. The van der Waals surface area contributed by atoms with Crippen LogP contribution in [0.1, 0.15) is 28.8 Å². The number of aromatic carboxylic acids is 1. The van der Waals surface area contributed by atoms with Crippen LogP contribution in [0.3, 0.4) is 0 Å². The summed E-state index contributed by atoms with van der Waals surface area (Å²) in [5.74, 6) is -4.40. The number of piperidine rings is 1. The number of benzene rings is 3. The molecule has 0 bridgehead atoms. The number of likely N-dealkylation sites (tertiary alicyclic amines) is 1. The van der Waals surface area contributed by atoms with Gasteiger partial charge >= 0.3 is 12.1 Å². The number of aromatic nitrogens is 2. The number of carboxylic acids is 1. The summed E-state index contributed by atoms with van der Waals surface area (Å²) in [6.07, 6.45) is 2.31. The van der Waals surface area contributed by atoms with Crippen molar-refractivity contribution in [1.29, 1.82) is 0 Å². The monoisotopic (exact) mass is 562 g/mol. The molecular formula is C30H25F3N4O4. The van der Waals surface area contributed by atoms with Gasteiger partial charge in [-0.1, -0.05) is 18.2 Å². The van der Waals surface area contributed by atoms with Crippen molar-refractivity contribution in [2.45, 2.75) is 25.0 Å². The van der Waals surface area contributed by atoms with Crippen molar-refractivity contribution in [2.24, 2.45) is 0 Å². The van der Waals surface area contributed by atoms with Gasteiger partial charge in [0, 0.05) is 61.6 Å². The van der Waals surface area contributed by atoms with E-state index in [9.17, 15) is 22.8 Å². The largest absolute Gasteiger partial charge is 0.478 e. The van der Waals surface area contributed by atoms with Crippen LogP contribution in [0.2, 0.25) is 0 Å². The summed E-state index contributed by atoms with van der Waals surface area (Å²) in [5.41, 5.74) is 1.18. The van der Waals surface area contributed by atoms with E-state index in [-0.39, 0.29) is 16.8 Å². The van der Waals surface area contributed by atoms with E-state index in [0.717, 1.165) is 6.07 Å². The van der Waals surface area contributed by atoms with E-state index in [2.05, 4.69) is 10.00 Å². The molecule has 0 unspecified atom stereocenters. The molecule has 8 nitrogen and oxygen atoms in total. The molecule has 6 rings (SSSR count).